The van der Waals surface area contributed by atoms with E-state index in [2.05, 4.69) is 10.3 Å². The maximum absolute atomic E-state index is 13.9. The molecule has 10 heteroatoms. The van der Waals surface area contributed by atoms with E-state index in [-0.39, 0.29) is 23.7 Å². The van der Waals surface area contributed by atoms with Crippen LogP contribution in [0.1, 0.15) is 6.92 Å². The first kappa shape index (κ1) is 22.3. The van der Waals surface area contributed by atoms with Gasteiger partial charge in [-0.05, 0) is 18.2 Å². The lowest BCUT2D eigenvalue weighted by Gasteiger charge is -2.19. The maximum atomic E-state index is 13.9. The molecule has 1 aliphatic heterocycles. The van der Waals surface area contributed by atoms with Gasteiger partial charge < -0.3 is 20.7 Å². The second kappa shape index (κ2) is 8.54. The van der Waals surface area contributed by atoms with E-state index in [1.54, 1.807) is 0 Å². The van der Waals surface area contributed by atoms with Crippen molar-refractivity contribution >= 4 is 23.2 Å². The predicted octanol–water partition coefficient (Wildman–Crippen LogP) is 2.05. The first-order valence-electron chi connectivity index (χ1n) is 8.71. The van der Waals surface area contributed by atoms with Crippen LogP contribution in [-0.2, 0) is 9.59 Å². The lowest BCUT2D eigenvalue weighted by atomic mass is 9.90. The number of aliphatic imine (C=N–C) groups is 1. The zero-order chi connectivity index (χ0) is 21.9. The number of nitrogens with one attached hydrogen (secondary N) is 1. The van der Waals surface area contributed by atoms with Crippen molar-refractivity contribution in [3.63, 3.8) is 0 Å². The van der Waals surface area contributed by atoms with Crippen LogP contribution in [0, 0.1) is 17.7 Å². The second-order valence-electron chi connectivity index (χ2n) is 6.75. The molecule has 0 aromatic heterocycles. The Morgan fingerprint density at radius 3 is 2.66 bits per heavy atom. The lowest BCUT2D eigenvalue weighted by molar-refractivity contribution is -0.135. The first-order valence-corrected chi connectivity index (χ1v) is 8.71. The number of methoxy groups -OCH3 is 1. The van der Waals surface area contributed by atoms with Crippen molar-refractivity contribution in [2.75, 3.05) is 33.1 Å². The van der Waals surface area contributed by atoms with Gasteiger partial charge in [-0.3, -0.25) is 14.6 Å². The van der Waals surface area contributed by atoms with E-state index in [0.29, 0.717) is 6.92 Å². The number of alkyl halides is 2. The largest absolute Gasteiger partial charge is 0.492 e. The van der Waals surface area contributed by atoms with Crippen LogP contribution in [0.25, 0.3) is 0 Å². The quantitative estimate of drug-likeness (QED) is 0.552. The summed E-state index contributed by atoms with van der Waals surface area (Å²) in [5.74, 6) is -7.52. The highest BCUT2D eigenvalue weighted by Gasteiger charge is 2.45. The second-order valence-corrected chi connectivity index (χ2v) is 6.75. The number of hydrogen-bond donors (Lipinski definition) is 2. The lowest BCUT2D eigenvalue weighted by Crippen LogP contribution is -2.35. The summed E-state index contributed by atoms with van der Waals surface area (Å²) in [5.41, 5.74) is 5.38. The summed E-state index contributed by atoms with van der Waals surface area (Å²) in [6, 6.07) is 3.94. The van der Waals surface area contributed by atoms with Crippen LogP contribution in [0.2, 0.25) is 0 Å². The van der Waals surface area contributed by atoms with Crippen molar-refractivity contribution in [1.29, 1.82) is 0 Å². The number of rotatable bonds is 6. The number of ether oxygens (including phenoxy) is 1. The number of carbonyl (C=O) groups is 2. The number of benzene rings is 1. The molecule has 1 heterocycles. The van der Waals surface area contributed by atoms with Crippen molar-refractivity contribution in [3.05, 3.63) is 35.8 Å². The van der Waals surface area contributed by atoms with Gasteiger partial charge in [0.05, 0.1) is 12.8 Å². The molecule has 0 spiro atoms. The molecular weight excluding hydrogens is 389 g/mol. The van der Waals surface area contributed by atoms with Crippen LogP contribution in [-0.4, -0.2) is 56.1 Å². The molecule has 1 aliphatic rings. The molecule has 2 amide bonds. The number of nitrogens with zero attached hydrogens (tertiary/aromatic N) is 2. The number of hydrogen-bond acceptors (Lipinski definition) is 5. The molecule has 7 nitrogen and oxygen atoms in total. The Morgan fingerprint density at radius 2 is 2.10 bits per heavy atom. The third-order valence-corrected chi connectivity index (χ3v) is 4.65. The number of amides is 2. The minimum Gasteiger partial charge on any atom is -0.492 e. The smallest absolute Gasteiger partial charge is 0.286 e. The van der Waals surface area contributed by atoms with E-state index < -0.39 is 41.1 Å². The Bertz CT molecular complexity index is 865. The molecule has 0 radical (unpaired) electrons. The molecule has 29 heavy (non-hydrogen) atoms. The molecule has 0 saturated carbocycles. The number of likely N-dealkylation sites (tertiary alicyclic amines) is 1. The van der Waals surface area contributed by atoms with Crippen molar-refractivity contribution < 1.29 is 27.5 Å². The number of halogens is 3. The highest BCUT2D eigenvalue weighted by molar-refractivity contribution is 6.09. The summed E-state index contributed by atoms with van der Waals surface area (Å²) in [6.45, 7) is 0.733. The molecule has 0 unspecified atom stereocenters. The van der Waals surface area contributed by atoms with E-state index in [4.69, 9.17) is 10.5 Å². The number of nitrogens with two attached hydrogens (primary N) is 1. The fourth-order valence-electron chi connectivity index (χ4n) is 3.17. The molecule has 1 saturated heterocycles. The topological polar surface area (TPSA) is 97.0 Å². The third kappa shape index (κ3) is 4.69. The molecule has 0 aliphatic carbocycles. The number of allylic oxidation sites excluding steroid dienone is 1. The van der Waals surface area contributed by atoms with E-state index in [1.807, 2.05) is 0 Å². The monoisotopic (exact) mass is 412 g/mol. The number of anilines is 1. The summed E-state index contributed by atoms with van der Waals surface area (Å²) in [4.78, 5) is 30.2. The van der Waals surface area contributed by atoms with Gasteiger partial charge in [-0.25, -0.2) is 4.39 Å². The Labute approximate surface area is 166 Å². The maximum Gasteiger partial charge on any atom is 0.286 e. The molecule has 2 rings (SSSR count). The zero-order valence-corrected chi connectivity index (χ0v) is 16.5. The van der Waals surface area contributed by atoms with E-state index in [9.17, 15) is 22.8 Å². The SMILES string of the molecule is CN=C(/C=C(\N)[C@H]1CN(C)C(=O)[C@@H]1C(=O)Nc1cccc(F)c1OC)C(C)(F)F. The third-order valence-electron chi connectivity index (χ3n) is 4.65. The van der Waals surface area contributed by atoms with Crippen LogP contribution < -0.4 is 15.8 Å². The summed E-state index contributed by atoms with van der Waals surface area (Å²) in [6.07, 6.45) is 0.986. The Balaban J connectivity index is 2.35. The van der Waals surface area contributed by atoms with E-state index >= 15 is 0 Å². The summed E-state index contributed by atoms with van der Waals surface area (Å²) in [7, 11) is 3.91. The van der Waals surface area contributed by atoms with Crippen molar-refractivity contribution in [2.45, 2.75) is 12.8 Å². The van der Waals surface area contributed by atoms with Gasteiger partial charge in [-0.15, -0.1) is 0 Å². The number of carbonyl (C=O) groups excluding carboxylic acids is 2. The van der Waals surface area contributed by atoms with Crippen molar-refractivity contribution in [1.82, 2.24) is 4.90 Å². The highest BCUT2D eigenvalue weighted by atomic mass is 19.3. The predicted molar refractivity (Wildman–Crippen MR) is 102 cm³/mol. The Morgan fingerprint density at radius 1 is 1.45 bits per heavy atom. The molecule has 0 bridgehead atoms. The van der Waals surface area contributed by atoms with E-state index in [1.165, 1.54) is 38.2 Å². The fourth-order valence-corrected chi connectivity index (χ4v) is 3.17. The molecule has 1 aromatic rings. The van der Waals surface area contributed by atoms with E-state index in [0.717, 1.165) is 12.1 Å². The minimum absolute atomic E-state index is 0.0389. The minimum atomic E-state index is -3.24. The van der Waals surface area contributed by atoms with Crippen molar-refractivity contribution in [3.8, 4) is 5.75 Å². The standard InChI is InChI=1S/C19H23F3N4O3/c1-19(21,22)14(24-2)8-12(23)10-9-26(3)18(28)15(10)17(27)25-13-7-5-6-11(20)16(13)29-4/h5-8,10,15H,9,23H2,1-4H3,(H,25,27)/b12-8-,24-14?/t10-,15+/m1/s1. The van der Waals surface area contributed by atoms with Gasteiger partial charge in [0.25, 0.3) is 5.92 Å². The molecule has 1 fully saturated rings. The van der Waals surface area contributed by atoms with Gasteiger partial charge in [0.2, 0.25) is 11.8 Å². The van der Waals surface area contributed by atoms with Crippen molar-refractivity contribution in [2.24, 2.45) is 22.6 Å². The number of para-hydroxylation sites is 1. The summed E-state index contributed by atoms with van der Waals surface area (Å²) >= 11 is 0. The fraction of sp³-hybridized carbons (Fsp3) is 0.421. The zero-order valence-electron chi connectivity index (χ0n) is 16.5. The van der Waals surface area contributed by atoms with Gasteiger partial charge in [0.15, 0.2) is 11.6 Å². The van der Waals surface area contributed by atoms with Gasteiger partial charge in [0.1, 0.15) is 11.6 Å². The van der Waals surface area contributed by atoms with Gasteiger partial charge in [-0.2, -0.15) is 8.78 Å². The molecule has 3 N–H and O–H groups in total. The van der Waals surface area contributed by atoms with Crippen LogP contribution in [0.4, 0.5) is 18.9 Å². The molecular formula is C19H23F3N4O3. The van der Waals surface area contributed by atoms with Gasteiger partial charge >= 0.3 is 0 Å². The van der Waals surface area contributed by atoms with Crippen LogP contribution >= 0.6 is 0 Å². The Kier molecular flexibility index (Phi) is 6.55. The Hall–Kier alpha value is -3.04. The molecule has 2 atom stereocenters. The summed E-state index contributed by atoms with van der Waals surface area (Å²) < 4.78 is 46.0. The van der Waals surface area contributed by atoms with Crippen LogP contribution in [0.3, 0.4) is 0 Å². The van der Waals surface area contributed by atoms with Gasteiger partial charge in [0, 0.05) is 39.2 Å². The normalized spacial score (nSPS) is 20.8. The molecule has 1 aromatic carbocycles. The van der Waals surface area contributed by atoms with Crippen LogP contribution in [0.5, 0.6) is 5.75 Å². The highest BCUT2D eigenvalue weighted by Crippen LogP contribution is 2.32. The molecule has 158 valence electrons. The average Bonchev–Trinajstić information content (AvgIpc) is 2.93. The summed E-state index contributed by atoms with van der Waals surface area (Å²) in [5, 5.41) is 2.46. The van der Waals surface area contributed by atoms with Crippen LogP contribution in [0.15, 0.2) is 35.0 Å². The average molecular weight is 412 g/mol. The van der Waals surface area contributed by atoms with Gasteiger partial charge in [-0.1, -0.05) is 6.07 Å². The first-order chi connectivity index (χ1) is 13.5.